The summed E-state index contributed by atoms with van der Waals surface area (Å²) in [6, 6.07) is 14.8. The van der Waals surface area contributed by atoms with E-state index in [1.54, 1.807) is 24.4 Å². The minimum absolute atomic E-state index is 0.194. The van der Waals surface area contributed by atoms with Gasteiger partial charge in [-0.25, -0.2) is 4.99 Å². The third-order valence-corrected chi connectivity index (χ3v) is 5.00. The van der Waals surface area contributed by atoms with E-state index in [2.05, 4.69) is 15.3 Å². The molecule has 0 aliphatic carbocycles. The number of amidine groups is 1. The van der Waals surface area contributed by atoms with Crippen LogP contribution in [0, 0.1) is 0 Å². The minimum Gasteiger partial charge on any atom is -0.399 e. The van der Waals surface area contributed by atoms with E-state index in [1.807, 2.05) is 36.4 Å². The zero-order chi connectivity index (χ0) is 18.1. The fourth-order valence-corrected chi connectivity index (χ4v) is 3.54. The number of carbonyl (C=O) groups excluding carboxylic acids is 1. The summed E-state index contributed by atoms with van der Waals surface area (Å²) in [7, 11) is 0. The molecule has 0 spiro atoms. The molecular weight excluding hydrogens is 368 g/mol. The third-order valence-electron chi connectivity index (χ3n) is 3.77. The summed E-state index contributed by atoms with van der Waals surface area (Å²) in [6.07, 6.45) is 3.58. The summed E-state index contributed by atoms with van der Waals surface area (Å²) in [5.74, 6) is -0.194. The van der Waals surface area contributed by atoms with E-state index in [0.717, 1.165) is 16.5 Å². The lowest BCUT2D eigenvalue weighted by molar-refractivity contribution is -0.115. The molecule has 1 saturated heterocycles. The molecule has 3 aromatic rings. The smallest absolute Gasteiger partial charge is 0.264 e. The van der Waals surface area contributed by atoms with E-state index in [-0.39, 0.29) is 5.91 Å². The maximum atomic E-state index is 12.2. The number of benzene rings is 2. The summed E-state index contributed by atoms with van der Waals surface area (Å²) >= 11 is 7.39. The first-order valence-corrected chi connectivity index (χ1v) is 8.97. The second-order valence-corrected chi connectivity index (χ2v) is 7.09. The molecule has 2 aromatic carbocycles. The molecule has 1 aliphatic rings. The van der Waals surface area contributed by atoms with E-state index in [9.17, 15) is 4.79 Å². The number of carbonyl (C=O) groups is 1. The Hall–Kier alpha value is -2.83. The normalized spacial score (nSPS) is 17.2. The number of aromatic nitrogens is 1. The largest absolute Gasteiger partial charge is 0.399 e. The van der Waals surface area contributed by atoms with Crippen LogP contribution in [-0.2, 0) is 4.79 Å². The molecule has 0 atom stereocenters. The molecule has 1 aliphatic heterocycles. The molecule has 7 heteroatoms. The molecule has 128 valence electrons. The van der Waals surface area contributed by atoms with Crippen LogP contribution < -0.4 is 11.1 Å². The predicted molar refractivity (Wildman–Crippen MR) is 108 cm³/mol. The Morgan fingerprint density at radius 2 is 2.08 bits per heavy atom. The molecular formula is C19H13ClN4OS. The number of fused-ring (bicyclic) bond motifs is 1. The van der Waals surface area contributed by atoms with Crippen LogP contribution in [0.5, 0.6) is 0 Å². The highest BCUT2D eigenvalue weighted by Gasteiger charge is 2.24. The highest BCUT2D eigenvalue weighted by molar-refractivity contribution is 8.18. The second-order valence-electron chi connectivity index (χ2n) is 5.65. The summed E-state index contributed by atoms with van der Waals surface area (Å²) in [5, 5.41) is 4.71. The van der Waals surface area contributed by atoms with Gasteiger partial charge in [0, 0.05) is 17.3 Å². The highest BCUT2D eigenvalue weighted by atomic mass is 35.5. The Kier molecular flexibility index (Phi) is 4.36. The van der Waals surface area contributed by atoms with Crippen LogP contribution >= 0.6 is 23.4 Å². The van der Waals surface area contributed by atoms with Crippen LogP contribution in [0.25, 0.3) is 17.0 Å². The number of nitrogens with one attached hydrogen (secondary N) is 1. The van der Waals surface area contributed by atoms with Crippen LogP contribution in [0.2, 0.25) is 5.02 Å². The molecule has 0 bridgehead atoms. The van der Waals surface area contributed by atoms with E-state index in [0.29, 0.717) is 26.5 Å². The molecule has 0 radical (unpaired) electrons. The molecule has 1 fully saturated rings. The predicted octanol–water partition coefficient (Wildman–Crippen LogP) is 4.36. The lowest BCUT2D eigenvalue weighted by Crippen LogP contribution is -2.19. The number of nitrogens with two attached hydrogens (primary N) is 1. The van der Waals surface area contributed by atoms with Gasteiger partial charge in [0.15, 0.2) is 5.17 Å². The maximum absolute atomic E-state index is 12.2. The number of anilines is 1. The number of nitrogens with zero attached hydrogens (tertiary/aromatic N) is 2. The van der Waals surface area contributed by atoms with Crippen molar-refractivity contribution in [2.45, 2.75) is 0 Å². The summed E-state index contributed by atoms with van der Waals surface area (Å²) in [4.78, 5) is 21.5. The molecule has 0 saturated carbocycles. The van der Waals surface area contributed by atoms with Gasteiger partial charge in [-0.2, -0.15) is 0 Å². The van der Waals surface area contributed by atoms with Crippen molar-refractivity contribution in [3.05, 3.63) is 70.2 Å². The Balaban J connectivity index is 1.63. The zero-order valence-electron chi connectivity index (χ0n) is 13.4. The van der Waals surface area contributed by atoms with Crippen LogP contribution in [0.1, 0.15) is 5.56 Å². The average Bonchev–Trinajstić information content (AvgIpc) is 2.97. The second kappa shape index (κ2) is 6.82. The standard InChI is InChI=1S/C19H13ClN4OS/c20-14-5-4-13(21)10-16(14)23-19-24-18(25)17(26-19)9-11-3-6-15-12(8-11)2-1-7-22-15/h1-10H,21H2,(H,23,24,25)/b17-9-. The highest BCUT2D eigenvalue weighted by Crippen LogP contribution is 2.32. The van der Waals surface area contributed by atoms with E-state index < -0.39 is 0 Å². The van der Waals surface area contributed by atoms with Crippen molar-refractivity contribution in [1.29, 1.82) is 0 Å². The van der Waals surface area contributed by atoms with Crippen molar-refractivity contribution in [2.75, 3.05) is 5.73 Å². The number of halogens is 1. The quantitative estimate of drug-likeness (QED) is 0.511. The van der Waals surface area contributed by atoms with Gasteiger partial charge in [-0.05, 0) is 59.8 Å². The monoisotopic (exact) mass is 380 g/mol. The summed E-state index contributed by atoms with van der Waals surface area (Å²) in [5.41, 5.74) is 8.68. The molecule has 2 heterocycles. The van der Waals surface area contributed by atoms with Crippen molar-refractivity contribution in [3.8, 4) is 0 Å². The van der Waals surface area contributed by atoms with Crippen LogP contribution in [0.3, 0.4) is 0 Å². The van der Waals surface area contributed by atoms with Gasteiger partial charge in [-0.15, -0.1) is 0 Å². The molecule has 3 N–H and O–H groups in total. The van der Waals surface area contributed by atoms with Gasteiger partial charge < -0.3 is 11.1 Å². The number of amides is 1. The number of hydrogen-bond donors (Lipinski definition) is 2. The molecule has 1 amide bonds. The van der Waals surface area contributed by atoms with Crippen molar-refractivity contribution in [3.63, 3.8) is 0 Å². The van der Waals surface area contributed by atoms with E-state index in [4.69, 9.17) is 17.3 Å². The van der Waals surface area contributed by atoms with Gasteiger partial charge in [0.25, 0.3) is 5.91 Å². The first-order valence-electron chi connectivity index (χ1n) is 7.78. The first kappa shape index (κ1) is 16.6. The SMILES string of the molecule is Nc1ccc(Cl)c(N=C2NC(=O)/C(=C/c3ccc4ncccc4c3)S2)c1. The fraction of sp³-hybridized carbons (Fsp3) is 0. The Morgan fingerprint density at radius 3 is 2.96 bits per heavy atom. The summed E-state index contributed by atoms with van der Waals surface area (Å²) in [6.45, 7) is 0. The Labute approximate surface area is 159 Å². The molecule has 0 unspecified atom stereocenters. The molecule has 1 aromatic heterocycles. The Bertz CT molecular complexity index is 1090. The number of thioether (sulfide) groups is 1. The number of rotatable bonds is 2. The van der Waals surface area contributed by atoms with E-state index in [1.165, 1.54) is 11.8 Å². The third kappa shape index (κ3) is 3.42. The van der Waals surface area contributed by atoms with Gasteiger partial charge in [0.2, 0.25) is 0 Å². The molecule has 5 nitrogen and oxygen atoms in total. The van der Waals surface area contributed by atoms with Crippen molar-refractivity contribution < 1.29 is 4.79 Å². The summed E-state index contributed by atoms with van der Waals surface area (Å²) < 4.78 is 0. The lowest BCUT2D eigenvalue weighted by Gasteiger charge is -2.01. The van der Waals surface area contributed by atoms with Crippen molar-refractivity contribution >= 4 is 62.8 Å². The number of nitrogen functional groups attached to an aromatic ring is 1. The van der Waals surface area contributed by atoms with E-state index >= 15 is 0 Å². The van der Waals surface area contributed by atoms with Gasteiger partial charge >= 0.3 is 0 Å². The van der Waals surface area contributed by atoms with Crippen LogP contribution in [-0.4, -0.2) is 16.1 Å². The Morgan fingerprint density at radius 1 is 1.19 bits per heavy atom. The van der Waals surface area contributed by atoms with Gasteiger partial charge in [-0.3, -0.25) is 9.78 Å². The maximum Gasteiger partial charge on any atom is 0.264 e. The number of aliphatic imine (C=N–C) groups is 1. The number of pyridine rings is 1. The fourth-order valence-electron chi connectivity index (χ4n) is 2.54. The zero-order valence-corrected chi connectivity index (χ0v) is 15.0. The van der Waals surface area contributed by atoms with Gasteiger partial charge in [0.1, 0.15) is 0 Å². The van der Waals surface area contributed by atoms with Crippen LogP contribution in [0.15, 0.2) is 64.6 Å². The van der Waals surface area contributed by atoms with Gasteiger partial charge in [-0.1, -0.05) is 23.7 Å². The van der Waals surface area contributed by atoms with Crippen molar-refractivity contribution in [2.24, 2.45) is 4.99 Å². The molecule has 26 heavy (non-hydrogen) atoms. The van der Waals surface area contributed by atoms with Crippen LogP contribution in [0.4, 0.5) is 11.4 Å². The lowest BCUT2D eigenvalue weighted by atomic mass is 10.1. The topological polar surface area (TPSA) is 80.4 Å². The average molecular weight is 381 g/mol. The molecule has 4 rings (SSSR count). The minimum atomic E-state index is -0.194. The first-order chi connectivity index (χ1) is 12.6. The number of hydrogen-bond acceptors (Lipinski definition) is 5. The van der Waals surface area contributed by atoms with Gasteiger partial charge in [0.05, 0.1) is 21.1 Å². The van der Waals surface area contributed by atoms with Crippen molar-refractivity contribution in [1.82, 2.24) is 10.3 Å².